The van der Waals surface area contributed by atoms with Gasteiger partial charge in [-0.05, 0) is 37.6 Å². The number of Topliss-reactive ketones (excluding diaryl/α,β-unsaturated/α-hetero) is 1. The summed E-state index contributed by atoms with van der Waals surface area (Å²) in [6.07, 6.45) is -0.590. The lowest BCUT2D eigenvalue weighted by atomic mass is 10.0. The quantitative estimate of drug-likeness (QED) is 0.354. The van der Waals surface area contributed by atoms with Crippen LogP contribution < -0.4 is 5.32 Å². The van der Waals surface area contributed by atoms with Gasteiger partial charge in [-0.1, -0.05) is 11.3 Å². The normalized spacial score (nSPS) is 11.7. The Labute approximate surface area is 170 Å². The van der Waals surface area contributed by atoms with E-state index in [0.29, 0.717) is 5.13 Å². The molecule has 28 heavy (non-hydrogen) atoms. The molecule has 2 aromatic rings. The molecule has 1 N–H and O–H groups in total. The van der Waals surface area contributed by atoms with Crippen LogP contribution in [0.3, 0.4) is 0 Å². The second-order valence-corrected chi connectivity index (χ2v) is 7.41. The first-order valence-corrected chi connectivity index (χ1v) is 9.89. The number of nitrogens with one attached hydrogen (secondary N) is 1. The van der Waals surface area contributed by atoms with Crippen LogP contribution in [-0.4, -0.2) is 39.8 Å². The Morgan fingerprint density at radius 2 is 1.93 bits per heavy atom. The fourth-order valence-corrected chi connectivity index (χ4v) is 3.09. The molecule has 7 nitrogen and oxygen atoms in total. The minimum Gasteiger partial charge on any atom is -0.454 e. The monoisotopic (exact) mass is 427 g/mol. The second-order valence-electron chi connectivity index (χ2n) is 5.86. The fourth-order valence-electron chi connectivity index (χ4n) is 2.28. The van der Waals surface area contributed by atoms with Crippen molar-refractivity contribution < 1.29 is 23.5 Å². The molecule has 1 heterocycles. The van der Waals surface area contributed by atoms with E-state index in [1.165, 1.54) is 23.5 Å². The Morgan fingerprint density at radius 3 is 2.54 bits per heavy atom. The third kappa shape index (κ3) is 6.97. The molecule has 0 unspecified atom stereocenters. The molecule has 0 fully saturated rings. The van der Waals surface area contributed by atoms with E-state index in [4.69, 9.17) is 16.3 Å². The number of anilines is 1. The largest absolute Gasteiger partial charge is 0.454 e. The summed E-state index contributed by atoms with van der Waals surface area (Å²) in [4.78, 5) is 36.3. The van der Waals surface area contributed by atoms with E-state index in [1.54, 1.807) is 6.92 Å². The van der Waals surface area contributed by atoms with Gasteiger partial charge in [-0.2, -0.15) is 0 Å². The number of halogens is 2. The average Bonchev–Trinajstić information content (AvgIpc) is 3.06. The van der Waals surface area contributed by atoms with E-state index in [9.17, 15) is 18.8 Å². The number of amides is 1. The molecule has 1 aromatic heterocycles. The van der Waals surface area contributed by atoms with E-state index < -0.39 is 23.7 Å². The number of aromatic nitrogens is 2. The number of carbonyl (C=O) groups excluding carboxylic acids is 3. The number of ether oxygens (including phenoxy) is 1. The van der Waals surface area contributed by atoms with Gasteiger partial charge in [0.2, 0.25) is 16.8 Å². The molecule has 0 saturated carbocycles. The van der Waals surface area contributed by atoms with Crippen LogP contribution in [0.25, 0.3) is 0 Å². The van der Waals surface area contributed by atoms with Crippen molar-refractivity contribution in [3.63, 3.8) is 0 Å². The average molecular weight is 428 g/mol. The number of ketones is 1. The molecule has 1 amide bonds. The van der Waals surface area contributed by atoms with Gasteiger partial charge < -0.3 is 10.1 Å². The SMILES string of the molecule is Cc1nnc(NC(=O)CCCC(=O)O[C@H](CCCl)C(=O)c2ccc(F)cc2)s1. The zero-order valence-electron chi connectivity index (χ0n) is 15.1. The Morgan fingerprint density at radius 1 is 1.21 bits per heavy atom. The van der Waals surface area contributed by atoms with E-state index >= 15 is 0 Å². The van der Waals surface area contributed by atoms with Crippen molar-refractivity contribution in [2.75, 3.05) is 11.2 Å². The number of hydrogen-bond donors (Lipinski definition) is 1. The third-order valence-corrected chi connectivity index (χ3v) is 4.60. The molecule has 10 heteroatoms. The van der Waals surface area contributed by atoms with Crippen LogP contribution in [0.2, 0.25) is 0 Å². The maximum atomic E-state index is 13.0. The van der Waals surface area contributed by atoms with Gasteiger partial charge in [0, 0.05) is 30.7 Å². The number of alkyl halides is 1. The molecule has 0 saturated heterocycles. The van der Waals surface area contributed by atoms with E-state index in [0.717, 1.165) is 17.1 Å². The Hall–Kier alpha value is -2.39. The molecule has 0 aliphatic heterocycles. The first kappa shape index (κ1) is 21.9. The molecule has 1 aromatic carbocycles. The van der Waals surface area contributed by atoms with Crippen LogP contribution in [0.1, 0.15) is 41.0 Å². The summed E-state index contributed by atoms with van der Waals surface area (Å²) in [6.45, 7) is 1.77. The lowest BCUT2D eigenvalue weighted by Crippen LogP contribution is -2.28. The van der Waals surface area contributed by atoms with Gasteiger partial charge in [-0.3, -0.25) is 14.4 Å². The predicted molar refractivity (Wildman–Crippen MR) is 103 cm³/mol. The van der Waals surface area contributed by atoms with Gasteiger partial charge in [0.05, 0.1) is 0 Å². The van der Waals surface area contributed by atoms with Crippen molar-refractivity contribution >= 4 is 45.7 Å². The van der Waals surface area contributed by atoms with E-state index in [1.807, 2.05) is 0 Å². The fraction of sp³-hybridized carbons (Fsp3) is 0.389. The molecule has 0 aliphatic rings. The minimum atomic E-state index is -1.05. The maximum Gasteiger partial charge on any atom is 0.306 e. The lowest BCUT2D eigenvalue weighted by molar-refractivity contribution is -0.147. The molecule has 150 valence electrons. The summed E-state index contributed by atoms with van der Waals surface area (Å²) in [5.41, 5.74) is 0.232. The van der Waals surface area contributed by atoms with Gasteiger partial charge >= 0.3 is 5.97 Å². The van der Waals surface area contributed by atoms with Crippen LogP contribution in [-0.2, 0) is 14.3 Å². The smallest absolute Gasteiger partial charge is 0.306 e. The highest BCUT2D eigenvalue weighted by atomic mass is 35.5. The lowest BCUT2D eigenvalue weighted by Gasteiger charge is -2.16. The number of nitrogens with zero attached hydrogens (tertiary/aromatic N) is 2. The van der Waals surface area contributed by atoms with Crippen molar-refractivity contribution in [1.29, 1.82) is 0 Å². The highest BCUT2D eigenvalue weighted by molar-refractivity contribution is 7.15. The highest BCUT2D eigenvalue weighted by Crippen LogP contribution is 2.15. The first-order valence-electron chi connectivity index (χ1n) is 8.54. The molecule has 2 rings (SSSR count). The standard InChI is InChI=1S/C18H19ClFN3O4S/c1-11-22-23-18(28-11)21-15(24)3-2-4-16(25)27-14(9-10-19)17(26)12-5-7-13(20)8-6-12/h5-8,14H,2-4,9-10H2,1H3,(H,21,23,24)/t14-/m1/s1. The number of benzene rings is 1. The number of carbonyl (C=O) groups is 3. The van der Waals surface area contributed by atoms with Crippen molar-refractivity contribution in [3.05, 3.63) is 40.7 Å². The van der Waals surface area contributed by atoms with Crippen LogP contribution >= 0.6 is 22.9 Å². The van der Waals surface area contributed by atoms with E-state index in [2.05, 4.69) is 15.5 Å². The van der Waals surface area contributed by atoms with Gasteiger partial charge in [-0.25, -0.2) is 4.39 Å². The second kappa shape index (κ2) is 10.8. The Kier molecular flexibility index (Phi) is 8.46. The molecular formula is C18H19ClFN3O4S. The van der Waals surface area contributed by atoms with Crippen molar-refractivity contribution in [3.8, 4) is 0 Å². The summed E-state index contributed by atoms with van der Waals surface area (Å²) in [6, 6.07) is 4.97. The maximum absolute atomic E-state index is 13.0. The van der Waals surface area contributed by atoms with Gasteiger partial charge in [0.15, 0.2) is 6.10 Å². The summed E-state index contributed by atoms with van der Waals surface area (Å²) >= 11 is 6.95. The van der Waals surface area contributed by atoms with Gasteiger partial charge in [-0.15, -0.1) is 21.8 Å². The van der Waals surface area contributed by atoms with Crippen LogP contribution in [0.15, 0.2) is 24.3 Å². The topological polar surface area (TPSA) is 98.2 Å². The molecule has 1 atom stereocenters. The Bertz CT molecular complexity index is 828. The molecule has 0 radical (unpaired) electrons. The van der Waals surface area contributed by atoms with Gasteiger partial charge in [0.25, 0.3) is 0 Å². The summed E-state index contributed by atoms with van der Waals surface area (Å²) in [5, 5.41) is 11.3. The van der Waals surface area contributed by atoms with Crippen molar-refractivity contribution in [2.45, 2.75) is 38.7 Å². The zero-order chi connectivity index (χ0) is 20.5. The molecular weight excluding hydrogens is 409 g/mol. The minimum absolute atomic E-state index is 0.0297. The molecule has 0 spiro atoms. The summed E-state index contributed by atoms with van der Waals surface area (Å²) < 4.78 is 18.2. The number of rotatable bonds is 10. The van der Waals surface area contributed by atoms with Crippen LogP contribution in [0.5, 0.6) is 0 Å². The molecule has 0 aliphatic carbocycles. The first-order chi connectivity index (χ1) is 13.4. The summed E-state index contributed by atoms with van der Waals surface area (Å²) in [5.74, 6) is -1.69. The summed E-state index contributed by atoms with van der Waals surface area (Å²) in [7, 11) is 0. The van der Waals surface area contributed by atoms with Crippen molar-refractivity contribution in [1.82, 2.24) is 10.2 Å². The number of esters is 1. The van der Waals surface area contributed by atoms with Crippen LogP contribution in [0.4, 0.5) is 9.52 Å². The molecule has 0 bridgehead atoms. The number of aryl methyl sites for hydroxylation is 1. The zero-order valence-corrected chi connectivity index (χ0v) is 16.7. The van der Waals surface area contributed by atoms with Gasteiger partial charge in [0.1, 0.15) is 10.8 Å². The highest BCUT2D eigenvalue weighted by Gasteiger charge is 2.24. The van der Waals surface area contributed by atoms with Crippen LogP contribution in [0, 0.1) is 12.7 Å². The van der Waals surface area contributed by atoms with E-state index in [-0.39, 0.29) is 43.0 Å². The Balaban J connectivity index is 1.80. The predicted octanol–water partition coefficient (Wildman–Crippen LogP) is 3.52. The third-order valence-electron chi connectivity index (χ3n) is 3.62. The number of hydrogen-bond acceptors (Lipinski definition) is 7. The van der Waals surface area contributed by atoms with Crippen molar-refractivity contribution in [2.24, 2.45) is 0 Å².